The molecule has 2 bridgehead atoms. The molecular formula is C12H18N2O3. The molecule has 1 saturated carbocycles. The van der Waals surface area contributed by atoms with E-state index in [0.29, 0.717) is 12.5 Å². The predicted molar refractivity (Wildman–Crippen MR) is 60.6 cm³/mol. The summed E-state index contributed by atoms with van der Waals surface area (Å²) in [6, 6.07) is 0.538. The number of urea groups is 1. The molecule has 2 heterocycles. The molecule has 0 radical (unpaired) electrons. The van der Waals surface area contributed by atoms with E-state index in [4.69, 9.17) is 5.11 Å². The Labute approximate surface area is 100 Å². The third kappa shape index (κ3) is 1.59. The zero-order valence-corrected chi connectivity index (χ0v) is 10.0. The summed E-state index contributed by atoms with van der Waals surface area (Å²) in [6.45, 7) is 0. The Morgan fingerprint density at radius 1 is 1.24 bits per heavy atom. The molecule has 3 aliphatic rings. The van der Waals surface area contributed by atoms with E-state index in [9.17, 15) is 9.59 Å². The molecule has 2 amide bonds. The first-order valence-electron chi connectivity index (χ1n) is 6.37. The van der Waals surface area contributed by atoms with Crippen LogP contribution >= 0.6 is 0 Å². The molecule has 2 aliphatic heterocycles. The van der Waals surface area contributed by atoms with Gasteiger partial charge in [-0.15, -0.1) is 0 Å². The fourth-order valence-corrected chi connectivity index (χ4v) is 3.35. The molecule has 3 rings (SSSR count). The third-order valence-corrected chi connectivity index (χ3v) is 4.47. The Morgan fingerprint density at radius 3 is 2.47 bits per heavy atom. The maximum Gasteiger partial charge on any atom is 0.320 e. The van der Waals surface area contributed by atoms with Gasteiger partial charge in [0.1, 0.15) is 0 Å². The summed E-state index contributed by atoms with van der Waals surface area (Å²) in [4.78, 5) is 27.1. The van der Waals surface area contributed by atoms with E-state index in [1.807, 2.05) is 11.9 Å². The highest BCUT2D eigenvalue weighted by Crippen LogP contribution is 2.43. The summed E-state index contributed by atoms with van der Waals surface area (Å²) < 4.78 is 0. The van der Waals surface area contributed by atoms with Gasteiger partial charge in [-0.25, -0.2) is 4.79 Å². The molecule has 3 unspecified atom stereocenters. The fourth-order valence-electron chi connectivity index (χ4n) is 3.35. The summed E-state index contributed by atoms with van der Waals surface area (Å²) in [6.07, 6.45) is 4.65. The molecule has 0 aromatic heterocycles. The quantitative estimate of drug-likeness (QED) is 0.784. The van der Waals surface area contributed by atoms with Gasteiger partial charge in [-0.1, -0.05) is 0 Å². The van der Waals surface area contributed by atoms with Crippen molar-refractivity contribution in [2.75, 3.05) is 7.05 Å². The van der Waals surface area contributed by atoms with Crippen LogP contribution in [-0.2, 0) is 4.79 Å². The minimum Gasteiger partial charge on any atom is -0.481 e. The Morgan fingerprint density at radius 2 is 1.94 bits per heavy atom. The van der Waals surface area contributed by atoms with Crippen LogP contribution in [0.15, 0.2) is 0 Å². The highest BCUT2D eigenvalue weighted by atomic mass is 16.4. The van der Waals surface area contributed by atoms with Crippen molar-refractivity contribution in [2.24, 2.45) is 5.92 Å². The van der Waals surface area contributed by atoms with Gasteiger partial charge in [0.05, 0.1) is 5.92 Å². The number of carboxylic acids is 1. The molecule has 3 atom stereocenters. The van der Waals surface area contributed by atoms with Gasteiger partial charge in [-0.05, 0) is 32.1 Å². The summed E-state index contributed by atoms with van der Waals surface area (Å²) in [5.41, 5.74) is 0. The normalized spacial score (nSPS) is 35.1. The average Bonchev–Trinajstić information content (AvgIpc) is 3.00. The molecule has 5 nitrogen and oxygen atoms in total. The van der Waals surface area contributed by atoms with Crippen molar-refractivity contribution in [3.63, 3.8) is 0 Å². The lowest BCUT2D eigenvalue weighted by Crippen LogP contribution is -2.45. The Hall–Kier alpha value is -1.26. The predicted octanol–water partition coefficient (Wildman–Crippen LogP) is 1.14. The van der Waals surface area contributed by atoms with Crippen LogP contribution in [0.4, 0.5) is 4.79 Å². The number of carboxylic acid groups (broad SMARTS) is 1. The van der Waals surface area contributed by atoms with Crippen molar-refractivity contribution in [2.45, 2.75) is 50.2 Å². The van der Waals surface area contributed by atoms with Crippen molar-refractivity contribution in [3.8, 4) is 0 Å². The lowest BCUT2D eigenvalue weighted by Gasteiger charge is -2.28. The van der Waals surface area contributed by atoms with Crippen LogP contribution in [0.5, 0.6) is 0 Å². The molecule has 0 aromatic carbocycles. The van der Waals surface area contributed by atoms with Gasteiger partial charge >= 0.3 is 12.0 Å². The fraction of sp³-hybridized carbons (Fsp3) is 0.833. The molecular weight excluding hydrogens is 220 g/mol. The number of carbonyl (C=O) groups excluding carboxylic acids is 1. The molecule has 1 N–H and O–H groups in total. The molecule has 5 heteroatoms. The first kappa shape index (κ1) is 10.9. The molecule has 0 aromatic rings. The topological polar surface area (TPSA) is 60.9 Å². The van der Waals surface area contributed by atoms with Gasteiger partial charge in [-0.2, -0.15) is 0 Å². The Kier molecular flexibility index (Phi) is 2.31. The molecule has 17 heavy (non-hydrogen) atoms. The summed E-state index contributed by atoms with van der Waals surface area (Å²) in [7, 11) is 1.84. The van der Waals surface area contributed by atoms with Crippen LogP contribution in [0.3, 0.4) is 0 Å². The Balaban J connectivity index is 1.75. The van der Waals surface area contributed by atoms with E-state index >= 15 is 0 Å². The van der Waals surface area contributed by atoms with Gasteiger partial charge < -0.3 is 14.9 Å². The molecule has 1 aliphatic carbocycles. The summed E-state index contributed by atoms with van der Waals surface area (Å²) >= 11 is 0. The average molecular weight is 238 g/mol. The van der Waals surface area contributed by atoms with Gasteiger partial charge in [0.25, 0.3) is 0 Å². The monoisotopic (exact) mass is 238 g/mol. The van der Waals surface area contributed by atoms with Gasteiger partial charge in [-0.3, -0.25) is 4.79 Å². The van der Waals surface area contributed by atoms with E-state index in [2.05, 4.69) is 0 Å². The van der Waals surface area contributed by atoms with Crippen LogP contribution in [0, 0.1) is 5.92 Å². The van der Waals surface area contributed by atoms with Crippen LogP contribution in [0.1, 0.15) is 32.1 Å². The lowest BCUT2D eigenvalue weighted by atomic mass is 9.89. The molecule has 94 valence electrons. The number of hydrogen-bond acceptors (Lipinski definition) is 2. The second-order valence-electron chi connectivity index (χ2n) is 5.51. The molecule has 2 saturated heterocycles. The van der Waals surface area contributed by atoms with Crippen LogP contribution in [0.2, 0.25) is 0 Å². The summed E-state index contributed by atoms with van der Waals surface area (Å²) in [5.74, 6) is -1.09. The summed E-state index contributed by atoms with van der Waals surface area (Å²) in [5, 5.41) is 9.14. The lowest BCUT2D eigenvalue weighted by molar-refractivity contribution is -0.142. The number of amides is 2. The smallest absolute Gasteiger partial charge is 0.320 e. The maximum absolute atomic E-state index is 12.3. The van der Waals surface area contributed by atoms with E-state index in [-0.39, 0.29) is 24.0 Å². The first-order chi connectivity index (χ1) is 8.09. The van der Waals surface area contributed by atoms with E-state index in [1.54, 1.807) is 4.90 Å². The van der Waals surface area contributed by atoms with Crippen molar-refractivity contribution in [1.29, 1.82) is 0 Å². The number of nitrogens with zero attached hydrogens (tertiary/aromatic N) is 2. The number of carbonyl (C=O) groups is 2. The van der Waals surface area contributed by atoms with E-state index in [0.717, 1.165) is 25.7 Å². The van der Waals surface area contributed by atoms with Gasteiger partial charge in [0.15, 0.2) is 0 Å². The minimum atomic E-state index is -0.746. The zero-order valence-electron chi connectivity index (χ0n) is 10.0. The number of aliphatic carboxylic acids is 1. The van der Waals surface area contributed by atoms with Crippen LogP contribution in [0.25, 0.3) is 0 Å². The standard InChI is InChI=1S/C12H18N2O3/c1-13(7-2-3-7)12(17)14-8-4-5-10(14)9(6-8)11(15)16/h7-10H,2-6H2,1H3,(H,15,16). The third-order valence-electron chi connectivity index (χ3n) is 4.47. The second kappa shape index (κ2) is 3.62. The number of fused-ring (bicyclic) bond motifs is 2. The van der Waals surface area contributed by atoms with Crippen molar-refractivity contribution in [3.05, 3.63) is 0 Å². The highest BCUT2D eigenvalue weighted by Gasteiger charge is 2.52. The van der Waals surface area contributed by atoms with Crippen LogP contribution < -0.4 is 0 Å². The van der Waals surface area contributed by atoms with Crippen molar-refractivity contribution in [1.82, 2.24) is 9.80 Å². The van der Waals surface area contributed by atoms with E-state index < -0.39 is 5.97 Å². The molecule has 0 spiro atoms. The Bertz CT molecular complexity index is 367. The second-order valence-corrected chi connectivity index (χ2v) is 5.51. The molecule has 3 fully saturated rings. The zero-order chi connectivity index (χ0) is 12.2. The van der Waals surface area contributed by atoms with Gasteiger partial charge in [0, 0.05) is 25.2 Å². The van der Waals surface area contributed by atoms with Crippen molar-refractivity contribution >= 4 is 12.0 Å². The number of hydrogen-bond donors (Lipinski definition) is 1. The SMILES string of the molecule is CN(C(=O)N1C2CCC1C(C(=O)O)C2)C1CC1. The highest BCUT2D eigenvalue weighted by molar-refractivity contribution is 5.79. The largest absolute Gasteiger partial charge is 0.481 e. The van der Waals surface area contributed by atoms with E-state index in [1.165, 1.54) is 0 Å². The minimum absolute atomic E-state index is 0.0451. The van der Waals surface area contributed by atoms with Crippen LogP contribution in [-0.4, -0.2) is 52.1 Å². The number of rotatable bonds is 2. The first-order valence-corrected chi connectivity index (χ1v) is 6.37. The van der Waals surface area contributed by atoms with Crippen molar-refractivity contribution < 1.29 is 14.7 Å². The maximum atomic E-state index is 12.3. The van der Waals surface area contributed by atoms with Gasteiger partial charge in [0.2, 0.25) is 0 Å².